The molecule has 0 aliphatic carbocycles. The van der Waals surface area contributed by atoms with Crippen LogP contribution in [0.15, 0.2) is 133 Å². The van der Waals surface area contributed by atoms with Crippen molar-refractivity contribution in [2.75, 3.05) is 4.90 Å². The summed E-state index contributed by atoms with van der Waals surface area (Å²) in [5.41, 5.74) is 24.3. The molecule has 0 saturated heterocycles. The predicted molar refractivity (Wildman–Crippen MR) is 222 cm³/mol. The van der Waals surface area contributed by atoms with E-state index in [1.54, 1.807) is 0 Å². The number of aldehydes is 2. The summed E-state index contributed by atoms with van der Waals surface area (Å²) in [5.74, 6) is 0. The third-order valence-electron chi connectivity index (χ3n) is 12.2. The second-order valence-electron chi connectivity index (χ2n) is 16.0. The van der Waals surface area contributed by atoms with Crippen molar-refractivity contribution in [2.24, 2.45) is 0 Å². The van der Waals surface area contributed by atoms with Gasteiger partial charge in [0, 0.05) is 28.2 Å². The average molecular weight is 677 g/mol. The fourth-order valence-electron chi connectivity index (χ4n) is 9.66. The first-order valence-electron chi connectivity index (χ1n) is 18.5. The Morgan fingerprint density at radius 2 is 1.04 bits per heavy atom. The molecule has 0 aromatic heterocycles. The summed E-state index contributed by atoms with van der Waals surface area (Å²) in [6.07, 6.45) is 1.81. The van der Waals surface area contributed by atoms with Crippen LogP contribution in [0.4, 0.5) is 17.1 Å². The number of hydrogen-bond acceptors (Lipinski definition) is 3. The minimum absolute atomic E-state index is 0.0477. The minimum Gasteiger partial charge on any atom is -0.312 e. The molecular formula is C48H33B2NO2. The van der Waals surface area contributed by atoms with E-state index in [0.717, 1.165) is 34.8 Å². The van der Waals surface area contributed by atoms with Crippen LogP contribution >= 0.6 is 0 Å². The maximum Gasteiger partial charge on any atom is 0.248 e. The van der Waals surface area contributed by atoms with Crippen molar-refractivity contribution in [2.45, 2.75) is 26.2 Å². The van der Waals surface area contributed by atoms with Gasteiger partial charge in [-0.25, -0.2) is 0 Å². The summed E-state index contributed by atoms with van der Waals surface area (Å²) >= 11 is 0. The van der Waals surface area contributed by atoms with Gasteiger partial charge in [0.05, 0.1) is 0 Å². The standard InChI is InChI=1S/C48H33B2NO2/c1-48(2,3)34-24-41-47-42(25-34)50-40-20-19-32(30-15-11-28(26-52)12-16-30)21-37(40)36-8-6-10-43(45(36)50)51(47)44-23-33(31-17-13-29(27-53)14-18-31)22-38-35-7-4-5-9-39(35)49(41)46(38)44/h4-27H,1-3H3. The number of rotatable bonds is 4. The van der Waals surface area contributed by atoms with Gasteiger partial charge in [-0.2, -0.15) is 0 Å². The molecule has 53 heavy (non-hydrogen) atoms. The van der Waals surface area contributed by atoms with E-state index in [9.17, 15) is 9.59 Å². The van der Waals surface area contributed by atoms with Crippen molar-refractivity contribution in [3.05, 3.63) is 150 Å². The average Bonchev–Trinajstić information content (AvgIpc) is 3.71. The van der Waals surface area contributed by atoms with Crippen molar-refractivity contribution in [3.8, 4) is 44.5 Å². The summed E-state index contributed by atoms with van der Waals surface area (Å²) < 4.78 is 0. The van der Waals surface area contributed by atoms with Gasteiger partial charge in [0.15, 0.2) is 0 Å². The van der Waals surface area contributed by atoms with Crippen molar-refractivity contribution in [1.29, 1.82) is 0 Å². The number of carbonyl (C=O) groups excluding carboxylic acids is 2. The smallest absolute Gasteiger partial charge is 0.248 e. The highest BCUT2D eigenvalue weighted by atomic mass is 16.1. The number of anilines is 3. The Hall–Kier alpha value is -6.19. The van der Waals surface area contributed by atoms with E-state index in [1.807, 2.05) is 36.4 Å². The molecule has 0 N–H and O–H groups in total. The van der Waals surface area contributed by atoms with Crippen LogP contribution in [0, 0.1) is 0 Å². The summed E-state index contributed by atoms with van der Waals surface area (Å²) in [5, 5.41) is 0. The second kappa shape index (κ2) is 10.7. The lowest BCUT2D eigenvalue weighted by Gasteiger charge is -2.43. The predicted octanol–water partition coefficient (Wildman–Crippen LogP) is 7.03. The Bertz CT molecular complexity index is 2760. The molecule has 0 atom stereocenters. The lowest BCUT2D eigenvalue weighted by molar-refractivity contribution is 0.111. The Morgan fingerprint density at radius 1 is 0.472 bits per heavy atom. The van der Waals surface area contributed by atoms with Gasteiger partial charge in [-0.05, 0) is 102 Å². The van der Waals surface area contributed by atoms with Gasteiger partial charge < -0.3 is 4.90 Å². The van der Waals surface area contributed by atoms with Gasteiger partial charge in [-0.3, -0.25) is 9.59 Å². The highest BCUT2D eigenvalue weighted by molar-refractivity contribution is 7.05. The molecule has 4 aliphatic heterocycles. The van der Waals surface area contributed by atoms with E-state index in [2.05, 4.69) is 123 Å². The fraction of sp³-hybridized carbons (Fsp3) is 0.0833. The van der Waals surface area contributed by atoms with Crippen molar-refractivity contribution < 1.29 is 9.59 Å². The van der Waals surface area contributed by atoms with E-state index in [-0.39, 0.29) is 18.8 Å². The Labute approximate surface area is 310 Å². The van der Waals surface area contributed by atoms with Gasteiger partial charge in [0.25, 0.3) is 0 Å². The second-order valence-corrected chi connectivity index (χ2v) is 16.0. The van der Waals surface area contributed by atoms with Gasteiger partial charge in [-0.1, -0.05) is 141 Å². The lowest BCUT2D eigenvalue weighted by atomic mass is 9.32. The third kappa shape index (κ3) is 4.14. The van der Waals surface area contributed by atoms with Crippen LogP contribution in [0.2, 0.25) is 0 Å². The van der Waals surface area contributed by atoms with Gasteiger partial charge in [0.1, 0.15) is 12.6 Å². The lowest BCUT2D eigenvalue weighted by Crippen LogP contribution is -2.63. The molecule has 4 heterocycles. The highest BCUT2D eigenvalue weighted by Gasteiger charge is 2.50. The van der Waals surface area contributed by atoms with Gasteiger partial charge in [0.2, 0.25) is 13.4 Å². The SMILES string of the molecule is CC(C)(C)c1cc2c3c(c1)B1c4ccccc4-c4cc(-c5ccc(C=O)cc5)cc(c41)N3c1cccc3c1B2c1ccc(-c2ccc(C=O)cc2)cc1-3. The van der Waals surface area contributed by atoms with Crippen molar-refractivity contribution in [1.82, 2.24) is 0 Å². The number of carbonyl (C=O) groups is 2. The van der Waals surface area contributed by atoms with Gasteiger partial charge in [-0.15, -0.1) is 0 Å². The van der Waals surface area contributed by atoms with Crippen molar-refractivity contribution >= 4 is 75.8 Å². The summed E-state index contributed by atoms with van der Waals surface area (Å²) in [6, 6.07) is 48.4. The molecule has 0 saturated carbocycles. The number of nitrogens with zero attached hydrogens (tertiary/aromatic N) is 1. The maximum absolute atomic E-state index is 11.6. The molecule has 3 nitrogen and oxygen atoms in total. The first kappa shape index (κ1) is 30.4. The van der Waals surface area contributed by atoms with Crippen LogP contribution < -0.4 is 37.7 Å². The molecule has 0 fully saturated rings. The van der Waals surface area contributed by atoms with Crippen LogP contribution in [-0.2, 0) is 5.41 Å². The topological polar surface area (TPSA) is 37.4 Å². The van der Waals surface area contributed by atoms with Crippen LogP contribution in [0.1, 0.15) is 47.1 Å². The number of fused-ring (bicyclic) bond motifs is 10. The minimum atomic E-state index is -0.0477. The Kier molecular flexibility index (Phi) is 6.13. The summed E-state index contributed by atoms with van der Waals surface area (Å²) in [7, 11) is 0. The molecule has 4 aliphatic rings. The molecule has 7 aromatic rings. The molecule has 0 spiro atoms. The third-order valence-corrected chi connectivity index (χ3v) is 12.2. The van der Waals surface area contributed by atoms with Crippen LogP contribution in [0.3, 0.4) is 0 Å². The number of benzene rings is 7. The summed E-state index contributed by atoms with van der Waals surface area (Å²) in [6.45, 7) is 7.22. The summed E-state index contributed by atoms with van der Waals surface area (Å²) in [4.78, 5) is 25.5. The van der Waals surface area contributed by atoms with Crippen LogP contribution in [0.5, 0.6) is 0 Å². The molecule has 248 valence electrons. The first-order valence-corrected chi connectivity index (χ1v) is 18.5. The van der Waals surface area contributed by atoms with E-state index >= 15 is 0 Å². The molecule has 0 unspecified atom stereocenters. The molecular weight excluding hydrogens is 644 g/mol. The number of hydrogen-bond donors (Lipinski definition) is 0. The van der Waals surface area contributed by atoms with Crippen molar-refractivity contribution in [3.63, 3.8) is 0 Å². The van der Waals surface area contributed by atoms with Gasteiger partial charge >= 0.3 is 0 Å². The van der Waals surface area contributed by atoms with Crippen LogP contribution in [0.25, 0.3) is 44.5 Å². The molecule has 0 bridgehead atoms. The monoisotopic (exact) mass is 677 g/mol. The molecule has 7 aromatic carbocycles. The first-order chi connectivity index (χ1) is 25.8. The van der Waals surface area contributed by atoms with E-state index in [1.165, 1.54) is 77.7 Å². The van der Waals surface area contributed by atoms with E-state index in [0.29, 0.717) is 11.1 Å². The Morgan fingerprint density at radius 3 is 1.70 bits per heavy atom. The highest BCUT2D eigenvalue weighted by Crippen LogP contribution is 2.46. The quantitative estimate of drug-likeness (QED) is 0.148. The zero-order chi connectivity index (χ0) is 35.7. The molecule has 11 rings (SSSR count). The molecule has 5 heteroatoms. The van der Waals surface area contributed by atoms with E-state index < -0.39 is 0 Å². The van der Waals surface area contributed by atoms with E-state index in [4.69, 9.17) is 0 Å². The Balaban J connectivity index is 1.21. The zero-order valence-corrected chi connectivity index (χ0v) is 29.8. The molecule has 0 radical (unpaired) electrons. The van der Waals surface area contributed by atoms with Crippen LogP contribution in [-0.4, -0.2) is 26.0 Å². The zero-order valence-electron chi connectivity index (χ0n) is 29.8. The maximum atomic E-state index is 11.6. The normalized spacial score (nSPS) is 13.6. The molecule has 0 amide bonds. The fourth-order valence-corrected chi connectivity index (χ4v) is 9.66. The largest absolute Gasteiger partial charge is 0.312 e.